The van der Waals surface area contributed by atoms with E-state index in [4.69, 9.17) is 11.0 Å². The van der Waals surface area contributed by atoms with Gasteiger partial charge in [-0.15, -0.1) is 11.3 Å². The van der Waals surface area contributed by atoms with Crippen molar-refractivity contribution in [1.29, 1.82) is 5.26 Å². The first-order valence-corrected chi connectivity index (χ1v) is 7.91. The smallest absolute Gasteiger partial charge is 0.256 e. The zero-order valence-corrected chi connectivity index (χ0v) is 13.2. The van der Waals surface area contributed by atoms with E-state index in [1.807, 2.05) is 6.07 Å². The van der Waals surface area contributed by atoms with Crippen LogP contribution in [0.1, 0.15) is 35.0 Å². The summed E-state index contributed by atoms with van der Waals surface area (Å²) in [5, 5.41) is 15.7. The molecule has 0 bridgehead atoms. The van der Waals surface area contributed by atoms with E-state index in [0.29, 0.717) is 15.4 Å². The molecule has 21 heavy (non-hydrogen) atoms. The predicted molar refractivity (Wildman–Crippen MR) is 85.6 cm³/mol. The van der Waals surface area contributed by atoms with Crippen LogP contribution >= 0.6 is 11.3 Å². The molecule has 7 heteroatoms. The second-order valence-corrected chi connectivity index (χ2v) is 6.31. The molecule has 0 saturated carbocycles. The molecule has 4 N–H and O–H groups in total. The summed E-state index contributed by atoms with van der Waals surface area (Å²) >= 11 is 1.24. The third-order valence-electron chi connectivity index (χ3n) is 3.61. The Kier molecular flexibility index (Phi) is 5.04. The van der Waals surface area contributed by atoms with Crippen LogP contribution in [0.5, 0.6) is 0 Å². The predicted octanol–water partition coefficient (Wildman–Crippen LogP) is 1.46. The highest BCUT2D eigenvalue weighted by Crippen LogP contribution is 2.35. The first kappa shape index (κ1) is 15.6. The lowest BCUT2D eigenvalue weighted by Crippen LogP contribution is -2.33. The van der Waals surface area contributed by atoms with Crippen LogP contribution < -0.4 is 16.4 Å². The average molecular weight is 307 g/mol. The van der Waals surface area contributed by atoms with E-state index < -0.39 is 0 Å². The Labute approximate surface area is 128 Å². The van der Waals surface area contributed by atoms with Gasteiger partial charge in [0.2, 0.25) is 0 Å². The van der Waals surface area contributed by atoms with Crippen molar-refractivity contribution < 1.29 is 4.79 Å². The number of rotatable bonds is 5. The van der Waals surface area contributed by atoms with Gasteiger partial charge in [0.1, 0.15) is 15.9 Å². The van der Waals surface area contributed by atoms with Gasteiger partial charge in [0.25, 0.3) is 5.91 Å². The maximum atomic E-state index is 12.0. The normalized spacial score (nSPS) is 16.4. The number of carbonyl (C=O) groups excluding carboxylic acids is 1. The summed E-state index contributed by atoms with van der Waals surface area (Å²) in [4.78, 5) is 14.7. The van der Waals surface area contributed by atoms with Gasteiger partial charge < -0.3 is 21.3 Å². The molecule has 1 aromatic heterocycles. The van der Waals surface area contributed by atoms with Gasteiger partial charge in [0, 0.05) is 19.6 Å². The zero-order chi connectivity index (χ0) is 15.4. The van der Waals surface area contributed by atoms with E-state index in [9.17, 15) is 4.79 Å². The van der Waals surface area contributed by atoms with Crippen LogP contribution in [0.4, 0.5) is 10.7 Å². The molecule has 114 valence electrons. The largest absolute Gasteiger partial charge is 0.396 e. The van der Waals surface area contributed by atoms with Crippen LogP contribution in [0.15, 0.2) is 0 Å². The van der Waals surface area contributed by atoms with E-state index in [1.54, 1.807) is 7.05 Å². The standard InChI is InChI=1S/C14H21N5OS/c1-9(8-19-5-3-4-6-19)18-14-11(13(20)17-2)12(16)10(7-15)21-14/h9,18H,3-6,8,16H2,1-2H3,(H,17,20). The third-order valence-corrected chi connectivity index (χ3v) is 4.65. The number of hydrogen-bond donors (Lipinski definition) is 3. The highest BCUT2D eigenvalue weighted by atomic mass is 32.1. The van der Waals surface area contributed by atoms with E-state index in [-0.39, 0.29) is 17.6 Å². The van der Waals surface area contributed by atoms with Crippen molar-refractivity contribution in [1.82, 2.24) is 10.2 Å². The van der Waals surface area contributed by atoms with Crippen LogP contribution in [0, 0.1) is 11.3 Å². The lowest BCUT2D eigenvalue weighted by Gasteiger charge is -2.21. The van der Waals surface area contributed by atoms with Gasteiger partial charge in [-0.3, -0.25) is 4.79 Å². The number of anilines is 2. The Morgan fingerprint density at radius 1 is 1.52 bits per heavy atom. The first-order chi connectivity index (χ1) is 10.1. The average Bonchev–Trinajstić information content (AvgIpc) is 3.06. The topological polar surface area (TPSA) is 94.2 Å². The Bertz CT molecular complexity index is 556. The third kappa shape index (κ3) is 3.46. The zero-order valence-electron chi connectivity index (χ0n) is 12.4. The van der Waals surface area contributed by atoms with Crippen LogP contribution in [0.25, 0.3) is 0 Å². The molecule has 6 nitrogen and oxygen atoms in total. The molecule has 1 aliphatic rings. The van der Waals surface area contributed by atoms with Crippen LogP contribution in [-0.4, -0.2) is 43.5 Å². The summed E-state index contributed by atoms with van der Waals surface area (Å²) < 4.78 is 0. The fraction of sp³-hybridized carbons (Fsp3) is 0.571. The van der Waals surface area contributed by atoms with E-state index >= 15 is 0 Å². The molecule has 2 heterocycles. The summed E-state index contributed by atoms with van der Waals surface area (Å²) in [5.41, 5.74) is 6.55. The fourth-order valence-electron chi connectivity index (χ4n) is 2.60. The van der Waals surface area contributed by atoms with Crippen molar-refractivity contribution >= 4 is 27.9 Å². The van der Waals surface area contributed by atoms with Crippen molar-refractivity contribution in [3.63, 3.8) is 0 Å². The molecule has 0 aromatic carbocycles. The second-order valence-electron chi connectivity index (χ2n) is 5.29. The molecule has 0 aliphatic carbocycles. The van der Waals surface area contributed by atoms with Gasteiger partial charge >= 0.3 is 0 Å². The number of hydrogen-bond acceptors (Lipinski definition) is 6. The van der Waals surface area contributed by atoms with Gasteiger partial charge in [-0.25, -0.2) is 0 Å². The lowest BCUT2D eigenvalue weighted by molar-refractivity contribution is 0.0965. The number of nitriles is 1. The number of carbonyl (C=O) groups is 1. The summed E-state index contributed by atoms with van der Waals surface area (Å²) in [7, 11) is 1.56. The van der Waals surface area contributed by atoms with Crippen molar-refractivity contribution in [2.45, 2.75) is 25.8 Å². The van der Waals surface area contributed by atoms with Crippen molar-refractivity contribution in [3.05, 3.63) is 10.4 Å². The molecule has 1 amide bonds. The number of nitrogens with two attached hydrogens (primary N) is 1. The van der Waals surface area contributed by atoms with E-state index in [0.717, 1.165) is 19.6 Å². The Hall–Kier alpha value is -1.78. The SMILES string of the molecule is CNC(=O)c1c(NC(C)CN2CCCC2)sc(C#N)c1N. The lowest BCUT2D eigenvalue weighted by atomic mass is 10.2. The van der Waals surface area contributed by atoms with Crippen molar-refractivity contribution in [3.8, 4) is 6.07 Å². The minimum absolute atomic E-state index is 0.191. The summed E-state index contributed by atoms with van der Waals surface area (Å²) in [6.07, 6.45) is 2.50. The molecule has 0 spiro atoms. The minimum atomic E-state index is -0.263. The Morgan fingerprint density at radius 2 is 2.19 bits per heavy atom. The minimum Gasteiger partial charge on any atom is -0.396 e. The fourth-order valence-corrected chi connectivity index (χ4v) is 3.63. The number of thiophene rings is 1. The number of nitrogen functional groups attached to an aromatic ring is 1. The van der Waals surface area contributed by atoms with E-state index in [2.05, 4.69) is 22.5 Å². The number of likely N-dealkylation sites (tertiary alicyclic amines) is 1. The quantitative estimate of drug-likeness (QED) is 0.765. The van der Waals surface area contributed by atoms with Gasteiger partial charge in [0.05, 0.1) is 11.3 Å². The van der Waals surface area contributed by atoms with Gasteiger partial charge in [-0.2, -0.15) is 5.26 Å². The molecule has 1 aromatic rings. The monoisotopic (exact) mass is 307 g/mol. The number of nitrogens with one attached hydrogen (secondary N) is 2. The van der Waals surface area contributed by atoms with Crippen LogP contribution in [-0.2, 0) is 0 Å². The number of amides is 1. The second kappa shape index (κ2) is 6.78. The van der Waals surface area contributed by atoms with Gasteiger partial charge in [0.15, 0.2) is 0 Å². The first-order valence-electron chi connectivity index (χ1n) is 7.10. The molecular weight excluding hydrogens is 286 g/mol. The summed E-state index contributed by atoms with van der Waals surface area (Å²) in [6.45, 7) is 5.26. The van der Waals surface area contributed by atoms with Crippen LogP contribution in [0.2, 0.25) is 0 Å². The van der Waals surface area contributed by atoms with Crippen molar-refractivity contribution in [2.75, 3.05) is 37.7 Å². The maximum absolute atomic E-state index is 12.0. The molecule has 1 fully saturated rings. The molecular formula is C14H21N5OS. The van der Waals surface area contributed by atoms with Gasteiger partial charge in [-0.05, 0) is 32.9 Å². The molecule has 1 aliphatic heterocycles. The van der Waals surface area contributed by atoms with Gasteiger partial charge in [-0.1, -0.05) is 0 Å². The van der Waals surface area contributed by atoms with Crippen LogP contribution in [0.3, 0.4) is 0 Å². The highest BCUT2D eigenvalue weighted by Gasteiger charge is 2.23. The van der Waals surface area contributed by atoms with E-state index in [1.165, 1.54) is 24.2 Å². The van der Waals surface area contributed by atoms with Crippen molar-refractivity contribution in [2.24, 2.45) is 0 Å². The number of nitrogens with zero attached hydrogens (tertiary/aromatic N) is 2. The highest BCUT2D eigenvalue weighted by molar-refractivity contribution is 7.17. The molecule has 1 unspecified atom stereocenters. The Balaban J connectivity index is 2.14. The maximum Gasteiger partial charge on any atom is 0.256 e. The summed E-state index contributed by atoms with van der Waals surface area (Å²) in [5.74, 6) is -0.263. The summed E-state index contributed by atoms with van der Waals surface area (Å²) in [6, 6.07) is 2.24. The molecule has 1 atom stereocenters. The molecule has 1 saturated heterocycles. The molecule has 2 rings (SSSR count). The molecule has 0 radical (unpaired) electrons. The Morgan fingerprint density at radius 3 is 2.76 bits per heavy atom.